The van der Waals surface area contributed by atoms with Crippen molar-refractivity contribution in [3.8, 4) is 6.07 Å². The van der Waals surface area contributed by atoms with Crippen LogP contribution in [0.1, 0.15) is 28.8 Å². The fraction of sp³-hybridized carbons (Fsp3) is 0.130. The van der Waals surface area contributed by atoms with Crippen molar-refractivity contribution < 1.29 is 13.2 Å². The van der Waals surface area contributed by atoms with Gasteiger partial charge in [-0.1, -0.05) is 78.4 Å². The highest BCUT2D eigenvalue weighted by Crippen LogP contribution is 2.33. The number of benzene rings is 3. The molecule has 0 fully saturated rings. The lowest BCUT2D eigenvalue weighted by atomic mass is 9.94. The van der Waals surface area contributed by atoms with E-state index in [0.717, 1.165) is 11.8 Å². The highest BCUT2D eigenvalue weighted by atomic mass is 32.2. The zero-order chi connectivity index (χ0) is 21.6. The largest absolute Gasteiger partial charge is 0.623 e. The first-order chi connectivity index (χ1) is 14.4. The number of rotatable bonds is 7. The second-order valence-corrected chi connectivity index (χ2v) is 8.51. The molecule has 0 amide bonds. The number of sulfonamides is 1. The fourth-order valence-electron chi connectivity index (χ4n) is 3.20. The minimum Gasteiger partial charge on any atom is -0.623 e. The quantitative estimate of drug-likeness (QED) is 0.272. The Kier molecular flexibility index (Phi) is 6.62. The summed E-state index contributed by atoms with van der Waals surface area (Å²) in [4.78, 5) is 0.0996. The van der Waals surface area contributed by atoms with Crippen LogP contribution in [0.2, 0.25) is 0 Å². The van der Waals surface area contributed by atoms with Crippen molar-refractivity contribution >= 4 is 16.2 Å². The van der Waals surface area contributed by atoms with Crippen LogP contribution in [0, 0.1) is 23.5 Å². The number of nitrogens with one attached hydrogen (secondary N) is 1. The molecule has 0 unspecified atom stereocenters. The normalized spacial score (nSPS) is 13.9. The van der Waals surface area contributed by atoms with Crippen LogP contribution in [0.3, 0.4) is 0 Å². The molecule has 0 bridgehead atoms. The van der Waals surface area contributed by atoms with E-state index >= 15 is 0 Å². The predicted octanol–water partition coefficient (Wildman–Crippen LogP) is 3.86. The first-order valence-corrected chi connectivity index (χ1v) is 10.8. The topological polar surface area (TPSA) is 96.0 Å². The van der Waals surface area contributed by atoms with E-state index in [9.17, 15) is 13.6 Å². The molecule has 7 heteroatoms. The lowest BCUT2D eigenvalue weighted by Gasteiger charge is -2.27. The molecule has 0 aliphatic rings. The Hall–Kier alpha value is -3.47. The minimum absolute atomic E-state index is 0.0996. The molecule has 3 aromatic rings. The van der Waals surface area contributed by atoms with Crippen molar-refractivity contribution in [2.75, 3.05) is 0 Å². The van der Waals surface area contributed by atoms with Crippen molar-refractivity contribution in [2.24, 2.45) is 0 Å². The number of nitrogens with zero attached hydrogens (tertiary/aromatic N) is 2. The van der Waals surface area contributed by atoms with Gasteiger partial charge >= 0.3 is 0 Å². The van der Waals surface area contributed by atoms with Gasteiger partial charge < -0.3 is 5.21 Å². The molecule has 2 atom stereocenters. The Morgan fingerprint density at radius 3 is 2.00 bits per heavy atom. The second-order valence-electron chi connectivity index (χ2n) is 6.80. The zero-order valence-corrected chi connectivity index (χ0v) is 17.2. The Bertz CT molecular complexity index is 1150. The molecule has 0 aromatic heterocycles. The SMILES string of the molecule is Cc1ccc(S(=O)(=O)N[C@H](c2ccccc2)[C@@H](c2ccccc2)/[N+]([O-])=C\C#N)cc1. The van der Waals surface area contributed by atoms with Crippen LogP contribution in [-0.4, -0.2) is 19.4 Å². The predicted molar refractivity (Wildman–Crippen MR) is 115 cm³/mol. The molecule has 6 nitrogen and oxygen atoms in total. The smallest absolute Gasteiger partial charge is 0.253 e. The van der Waals surface area contributed by atoms with Gasteiger partial charge in [0.25, 0.3) is 6.21 Å². The number of hydrogen-bond donors (Lipinski definition) is 1. The van der Waals surface area contributed by atoms with E-state index in [4.69, 9.17) is 5.26 Å². The van der Waals surface area contributed by atoms with Crippen LogP contribution in [0.4, 0.5) is 0 Å². The van der Waals surface area contributed by atoms with E-state index in [1.165, 1.54) is 12.1 Å². The van der Waals surface area contributed by atoms with Gasteiger partial charge in [0.05, 0.1) is 4.90 Å². The van der Waals surface area contributed by atoms with Gasteiger partial charge in [0.15, 0.2) is 6.07 Å². The number of nitriles is 1. The third kappa shape index (κ3) is 4.92. The van der Waals surface area contributed by atoms with Crippen molar-refractivity contribution in [3.05, 3.63) is 107 Å². The maximum absolute atomic E-state index is 13.1. The average molecular weight is 420 g/mol. The molecule has 0 aliphatic heterocycles. The zero-order valence-electron chi connectivity index (χ0n) is 16.3. The molecule has 0 aliphatic carbocycles. The standard InChI is InChI=1S/C23H21N3O3S/c1-18-12-14-21(15-13-18)30(28,29)25-22(19-8-4-2-5-9-19)23(26(27)17-16-24)20-10-6-3-7-11-20/h2-15,17,22-23,25H,1H3/b26-17+/t22-,23-/m1/s1. The van der Waals surface area contributed by atoms with Crippen LogP contribution >= 0.6 is 0 Å². The summed E-state index contributed by atoms with van der Waals surface area (Å²) in [6.45, 7) is 1.87. The first-order valence-electron chi connectivity index (χ1n) is 9.29. The molecular weight excluding hydrogens is 398 g/mol. The summed E-state index contributed by atoms with van der Waals surface area (Å²) >= 11 is 0. The maximum Gasteiger partial charge on any atom is 0.253 e. The Morgan fingerprint density at radius 1 is 0.933 bits per heavy atom. The molecule has 30 heavy (non-hydrogen) atoms. The van der Waals surface area contributed by atoms with Crippen molar-refractivity contribution in [1.82, 2.24) is 4.72 Å². The van der Waals surface area contributed by atoms with E-state index in [1.54, 1.807) is 72.8 Å². The number of hydrogen-bond acceptors (Lipinski definition) is 4. The second kappa shape index (κ2) is 9.35. The van der Waals surface area contributed by atoms with Gasteiger partial charge in [0, 0.05) is 5.56 Å². The number of hydroxylamine groups is 1. The summed E-state index contributed by atoms with van der Waals surface area (Å²) < 4.78 is 29.4. The van der Waals surface area contributed by atoms with Gasteiger partial charge in [0.1, 0.15) is 6.04 Å². The third-order valence-electron chi connectivity index (χ3n) is 4.69. The molecule has 0 radical (unpaired) electrons. The summed E-state index contributed by atoms with van der Waals surface area (Å²) in [5.41, 5.74) is 2.12. The molecule has 3 rings (SSSR count). The Morgan fingerprint density at radius 2 is 1.47 bits per heavy atom. The molecule has 0 heterocycles. The Labute approximate surface area is 176 Å². The van der Waals surface area contributed by atoms with Crippen LogP contribution in [0.15, 0.2) is 89.8 Å². The maximum atomic E-state index is 13.1. The highest BCUT2D eigenvalue weighted by Gasteiger charge is 2.35. The highest BCUT2D eigenvalue weighted by molar-refractivity contribution is 7.89. The van der Waals surface area contributed by atoms with Crippen LogP contribution in [0.5, 0.6) is 0 Å². The van der Waals surface area contributed by atoms with Gasteiger partial charge in [-0.15, -0.1) is 0 Å². The lowest BCUT2D eigenvalue weighted by molar-refractivity contribution is -0.508. The molecule has 3 aromatic carbocycles. The van der Waals surface area contributed by atoms with Crippen molar-refractivity contribution in [1.29, 1.82) is 5.26 Å². The van der Waals surface area contributed by atoms with Gasteiger partial charge in [0.2, 0.25) is 16.1 Å². The van der Waals surface area contributed by atoms with Crippen LogP contribution in [-0.2, 0) is 10.0 Å². The Balaban J connectivity index is 2.13. The monoisotopic (exact) mass is 419 g/mol. The lowest BCUT2D eigenvalue weighted by Crippen LogP contribution is -2.36. The minimum atomic E-state index is -3.94. The summed E-state index contributed by atoms with van der Waals surface area (Å²) in [5.74, 6) is 0. The van der Waals surface area contributed by atoms with Crippen LogP contribution < -0.4 is 4.72 Å². The summed E-state index contributed by atoms with van der Waals surface area (Å²) in [7, 11) is -3.94. The molecule has 152 valence electrons. The van der Waals surface area contributed by atoms with Crippen molar-refractivity contribution in [3.63, 3.8) is 0 Å². The van der Waals surface area contributed by atoms with Gasteiger partial charge in [-0.05, 0) is 24.6 Å². The summed E-state index contributed by atoms with van der Waals surface area (Å²) in [5, 5.41) is 21.9. The van der Waals surface area contributed by atoms with E-state index in [2.05, 4.69) is 4.72 Å². The fourth-order valence-corrected chi connectivity index (χ4v) is 4.43. The average Bonchev–Trinajstić information content (AvgIpc) is 2.75. The molecular formula is C23H21N3O3S. The third-order valence-corrected chi connectivity index (χ3v) is 6.15. The van der Waals surface area contributed by atoms with E-state index < -0.39 is 22.1 Å². The summed E-state index contributed by atoms with van der Waals surface area (Å²) in [6, 6.07) is 23.9. The molecule has 0 saturated carbocycles. The van der Waals surface area contributed by atoms with Gasteiger partial charge in [-0.2, -0.15) is 14.7 Å². The van der Waals surface area contributed by atoms with E-state index in [-0.39, 0.29) is 4.90 Å². The summed E-state index contributed by atoms with van der Waals surface area (Å²) in [6.07, 6.45) is 0.841. The number of aryl methyl sites for hydroxylation is 1. The van der Waals surface area contributed by atoms with Crippen LogP contribution in [0.25, 0.3) is 0 Å². The molecule has 0 saturated heterocycles. The van der Waals surface area contributed by atoms with E-state index in [1.807, 2.05) is 13.0 Å². The van der Waals surface area contributed by atoms with Gasteiger partial charge in [-0.25, -0.2) is 8.42 Å². The van der Waals surface area contributed by atoms with Gasteiger partial charge in [-0.3, -0.25) is 0 Å². The molecule has 0 spiro atoms. The first kappa shape index (κ1) is 21.2. The van der Waals surface area contributed by atoms with E-state index in [0.29, 0.717) is 15.9 Å². The molecule has 1 N–H and O–H groups in total. The van der Waals surface area contributed by atoms with Crippen molar-refractivity contribution in [2.45, 2.75) is 23.9 Å².